The molecule has 2 heterocycles. The molecule has 0 spiro atoms. The zero-order valence-electron chi connectivity index (χ0n) is 17.8. The average molecular weight is 408 g/mol. The SMILES string of the molecule is CC(=O)N1CCN(C(=O)c2ccc(COc3cccc4c3OC(C)(C)C4)cc2)CC1. The minimum atomic E-state index is -0.209. The Morgan fingerprint density at radius 2 is 1.67 bits per heavy atom. The van der Waals surface area contributed by atoms with Gasteiger partial charge in [-0.05, 0) is 37.6 Å². The van der Waals surface area contributed by atoms with Crippen LogP contribution in [0.3, 0.4) is 0 Å². The van der Waals surface area contributed by atoms with Gasteiger partial charge in [0.05, 0.1) is 0 Å². The van der Waals surface area contributed by atoms with Crippen molar-refractivity contribution in [2.24, 2.45) is 0 Å². The molecule has 0 N–H and O–H groups in total. The first-order valence-electron chi connectivity index (χ1n) is 10.4. The highest BCUT2D eigenvalue weighted by Crippen LogP contribution is 2.41. The lowest BCUT2D eigenvalue weighted by Crippen LogP contribution is -2.50. The van der Waals surface area contributed by atoms with E-state index in [4.69, 9.17) is 9.47 Å². The fourth-order valence-electron chi connectivity index (χ4n) is 4.01. The van der Waals surface area contributed by atoms with Crippen molar-refractivity contribution in [2.45, 2.75) is 39.4 Å². The summed E-state index contributed by atoms with van der Waals surface area (Å²) in [4.78, 5) is 27.8. The van der Waals surface area contributed by atoms with Gasteiger partial charge in [0.2, 0.25) is 5.91 Å². The Hall–Kier alpha value is -3.02. The number of para-hydroxylation sites is 1. The number of carbonyl (C=O) groups is 2. The predicted molar refractivity (Wildman–Crippen MR) is 114 cm³/mol. The van der Waals surface area contributed by atoms with E-state index in [1.54, 1.807) is 16.7 Å². The zero-order valence-corrected chi connectivity index (χ0v) is 17.8. The quantitative estimate of drug-likeness (QED) is 0.779. The fourth-order valence-corrected chi connectivity index (χ4v) is 4.01. The van der Waals surface area contributed by atoms with Gasteiger partial charge in [0.15, 0.2) is 11.5 Å². The van der Waals surface area contributed by atoms with Crippen LogP contribution in [0.2, 0.25) is 0 Å². The normalized spacial score (nSPS) is 17.3. The van der Waals surface area contributed by atoms with Gasteiger partial charge in [-0.25, -0.2) is 0 Å². The van der Waals surface area contributed by atoms with Crippen LogP contribution in [0.4, 0.5) is 0 Å². The molecule has 2 aliphatic heterocycles. The maximum Gasteiger partial charge on any atom is 0.253 e. The molecular weight excluding hydrogens is 380 g/mol. The number of carbonyl (C=O) groups excluding carboxylic acids is 2. The van der Waals surface area contributed by atoms with Crippen LogP contribution in [0.15, 0.2) is 42.5 Å². The lowest BCUT2D eigenvalue weighted by atomic mass is 10.0. The molecule has 0 aromatic heterocycles. The van der Waals surface area contributed by atoms with Crippen molar-refractivity contribution >= 4 is 11.8 Å². The maximum atomic E-state index is 12.7. The van der Waals surface area contributed by atoms with Crippen molar-refractivity contribution in [3.63, 3.8) is 0 Å². The predicted octanol–water partition coefficient (Wildman–Crippen LogP) is 3.28. The van der Waals surface area contributed by atoms with Crippen LogP contribution in [0.25, 0.3) is 0 Å². The van der Waals surface area contributed by atoms with Crippen molar-refractivity contribution in [3.05, 3.63) is 59.2 Å². The van der Waals surface area contributed by atoms with Crippen LogP contribution < -0.4 is 9.47 Å². The molecule has 0 aliphatic carbocycles. The molecule has 1 fully saturated rings. The van der Waals surface area contributed by atoms with Gasteiger partial charge in [-0.1, -0.05) is 24.3 Å². The molecule has 2 aliphatic rings. The largest absolute Gasteiger partial charge is 0.485 e. The standard InChI is InChI=1S/C24H28N2O4/c1-17(27)25-11-13-26(14-12-25)23(28)19-9-7-18(8-10-19)16-29-21-6-4-5-20-15-24(2,3)30-22(20)21/h4-10H,11-16H2,1-3H3. The second-order valence-electron chi connectivity index (χ2n) is 8.57. The van der Waals surface area contributed by atoms with Crippen LogP contribution in [-0.4, -0.2) is 53.4 Å². The Morgan fingerprint density at radius 1 is 1.00 bits per heavy atom. The second kappa shape index (κ2) is 8.01. The summed E-state index contributed by atoms with van der Waals surface area (Å²) in [5.41, 5.74) is 2.60. The average Bonchev–Trinajstić information content (AvgIpc) is 3.06. The number of hydrogen-bond donors (Lipinski definition) is 0. The monoisotopic (exact) mass is 408 g/mol. The number of benzene rings is 2. The van der Waals surface area contributed by atoms with Crippen LogP contribution in [0.1, 0.15) is 42.3 Å². The van der Waals surface area contributed by atoms with E-state index in [0.29, 0.717) is 38.3 Å². The van der Waals surface area contributed by atoms with Gasteiger partial charge in [-0.3, -0.25) is 9.59 Å². The topological polar surface area (TPSA) is 59.1 Å². The van der Waals surface area contributed by atoms with Gasteiger partial charge in [-0.15, -0.1) is 0 Å². The highest BCUT2D eigenvalue weighted by molar-refractivity contribution is 5.94. The van der Waals surface area contributed by atoms with E-state index in [9.17, 15) is 9.59 Å². The molecule has 0 radical (unpaired) electrons. The van der Waals surface area contributed by atoms with E-state index in [-0.39, 0.29) is 17.4 Å². The third kappa shape index (κ3) is 4.27. The highest BCUT2D eigenvalue weighted by Gasteiger charge is 2.32. The maximum absolute atomic E-state index is 12.7. The van der Waals surface area contributed by atoms with Crippen LogP contribution in [0.5, 0.6) is 11.5 Å². The third-order valence-electron chi connectivity index (χ3n) is 5.66. The Morgan fingerprint density at radius 3 is 2.33 bits per heavy atom. The molecular formula is C24H28N2O4. The van der Waals surface area contributed by atoms with Crippen LogP contribution >= 0.6 is 0 Å². The van der Waals surface area contributed by atoms with Crippen molar-refractivity contribution in [2.75, 3.05) is 26.2 Å². The number of amides is 2. The molecule has 1 saturated heterocycles. The van der Waals surface area contributed by atoms with Gasteiger partial charge < -0.3 is 19.3 Å². The van der Waals surface area contributed by atoms with E-state index in [1.807, 2.05) is 36.4 Å². The van der Waals surface area contributed by atoms with E-state index in [2.05, 4.69) is 19.9 Å². The van der Waals surface area contributed by atoms with Crippen molar-refractivity contribution in [1.29, 1.82) is 0 Å². The minimum Gasteiger partial charge on any atom is -0.485 e. The second-order valence-corrected chi connectivity index (χ2v) is 8.57. The number of nitrogens with zero attached hydrogens (tertiary/aromatic N) is 2. The Balaban J connectivity index is 1.36. The summed E-state index contributed by atoms with van der Waals surface area (Å²) in [6.45, 7) is 8.44. The molecule has 6 heteroatoms. The summed E-state index contributed by atoms with van der Waals surface area (Å²) >= 11 is 0. The van der Waals surface area contributed by atoms with Crippen molar-refractivity contribution in [3.8, 4) is 11.5 Å². The molecule has 0 bridgehead atoms. The number of hydrogen-bond acceptors (Lipinski definition) is 4. The van der Waals surface area contributed by atoms with Crippen molar-refractivity contribution in [1.82, 2.24) is 9.80 Å². The first kappa shape index (κ1) is 20.3. The first-order chi connectivity index (χ1) is 14.3. The summed E-state index contributed by atoms with van der Waals surface area (Å²) in [6, 6.07) is 13.5. The molecule has 0 atom stereocenters. The Labute approximate surface area is 177 Å². The summed E-state index contributed by atoms with van der Waals surface area (Å²) < 4.78 is 12.1. The summed E-state index contributed by atoms with van der Waals surface area (Å²) in [7, 11) is 0. The van der Waals surface area contributed by atoms with Crippen LogP contribution in [-0.2, 0) is 17.8 Å². The molecule has 6 nitrogen and oxygen atoms in total. The molecule has 2 aromatic carbocycles. The van der Waals surface area contributed by atoms with Gasteiger partial charge in [-0.2, -0.15) is 0 Å². The number of ether oxygens (including phenoxy) is 2. The van der Waals surface area contributed by atoms with Gasteiger partial charge >= 0.3 is 0 Å². The number of rotatable bonds is 4. The molecule has 30 heavy (non-hydrogen) atoms. The molecule has 0 unspecified atom stereocenters. The zero-order chi connectivity index (χ0) is 21.3. The van der Waals surface area contributed by atoms with Gasteiger partial charge in [0.25, 0.3) is 5.91 Å². The van der Waals surface area contributed by atoms with Gasteiger partial charge in [0, 0.05) is 50.7 Å². The first-order valence-corrected chi connectivity index (χ1v) is 10.4. The molecule has 0 saturated carbocycles. The molecule has 2 aromatic rings. The molecule has 2 amide bonds. The fraction of sp³-hybridized carbons (Fsp3) is 0.417. The van der Waals surface area contributed by atoms with Gasteiger partial charge in [0.1, 0.15) is 12.2 Å². The smallest absolute Gasteiger partial charge is 0.253 e. The Kier molecular flexibility index (Phi) is 5.41. The molecule has 158 valence electrons. The summed E-state index contributed by atoms with van der Waals surface area (Å²) in [6.07, 6.45) is 0.872. The van der Waals surface area contributed by atoms with Crippen molar-refractivity contribution < 1.29 is 19.1 Å². The van der Waals surface area contributed by atoms with E-state index in [0.717, 1.165) is 23.5 Å². The summed E-state index contributed by atoms with van der Waals surface area (Å²) in [5, 5.41) is 0. The lowest BCUT2D eigenvalue weighted by molar-refractivity contribution is -0.130. The highest BCUT2D eigenvalue weighted by atomic mass is 16.5. The summed E-state index contributed by atoms with van der Waals surface area (Å²) in [5.74, 6) is 1.65. The Bertz CT molecular complexity index is 944. The molecule has 4 rings (SSSR count). The van der Waals surface area contributed by atoms with E-state index < -0.39 is 0 Å². The van der Waals surface area contributed by atoms with Crippen LogP contribution in [0, 0.1) is 0 Å². The number of piperazine rings is 1. The third-order valence-corrected chi connectivity index (χ3v) is 5.66. The lowest BCUT2D eigenvalue weighted by Gasteiger charge is -2.34. The minimum absolute atomic E-state index is 0.00202. The van der Waals surface area contributed by atoms with E-state index in [1.165, 1.54) is 5.56 Å². The van der Waals surface area contributed by atoms with E-state index >= 15 is 0 Å². The number of fused-ring (bicyclic) bond motifs is 1.